The number of aliphatic hydroxyl groups excluding tert-OH is 1. The number of aliphatic hydroxyl groups is 1. The van der Waals surface area contributed by atoms with Crippen molar-refractivity contribution < 1.29 is 9.84 Å². The Labute approximate surface area is 101 Å². The molecule has 0 aliphatic rings. The van der Waals surface area contributed by atoms with Crippen molar-refractivity contribution in [3.05, 3.63) is 65.2 Å². The van der Waals surface area contributed by atoms with E-state index in [0.717, 1.165) is 22.4 Å². The van der Waals surface area contributed by atoms with Crippen LogP contribution >= 0.6 is 0 Å². The molecule has 0 aromatic heterocycles. The molecule has 2 rings (SSSR count). The molecule has 0 fully saturated rings. The van der Waals surface area contributed by atoms with Crippen molar-refractivity contribution in [2.45, 2.75) is 13.0 Å². The lowest BCUT2D eigenvalue weighted by Crippen LogP contribution is -2.02. The van der Waals surface area contributed by atoms with Crippen molar-refractivity contribution in [3.8, 4) is 5.75 Å². The van der Waals surface area contributed by atoms with Gasteiger partial charge in [-0.15, -0.1) is 0 Å². The van der Waals surface area contributed by atoms with Crippen LogP contribution in [0.4, 0.5) is 0 Å². The second kappa shape index (κ2) is 5.02. The fraction of sp³-hybridized carbons (Fsp3) is 0.200. The van der Waals surface area contributed by atoms with Crippen LogP contribution in [0.1, 0.15) is 22.8 Å². The van der Waals surface area contributed by atoms with Crippen LogP contribution in [0.25, 0.3) is 0 Å². The van der Waals surface area contributed by atoms with Crippen molar-refractivity contribution >= 4 is 0 Å². The number of hydrogen-bond acceptors (Lipinski definition) is 2. The van der Waals surface area contributed by atoms with Gasteiger partial charge in [-0.1, -0.05) is 42.5 Å². The topological polar surface area (TPSA) is 29.5 Å². The van der Waals surface area contributed by atoms with Gasteiger partial charge in [-0.25, -0.2) is 0 Å². The Morgan fingerprint density at radius 3 is 2.41 bits per heavy atom. The Hall–Kier alpha value is -1.80. The van der Waals surface area contributed by atoms with Gasteiger partial charge in [0.15, 0.2) is 0 Å². The average Bonchev–Trinajstić information content (AvgIpc) is 2.39. The van der Waals surface area contributed by atoms with Crippen LogP contribution in [0.2, 0.25) is 0 Å². The summed E-state index contributed by atoms with van der Waals surface area (Å²) in [6, 6.07) is 15.4. The summed E-state index contributed by atoms with van der Waals surface area (Å²) in [6.07, 6.45) is -0.647. The summed E-state index contributed by atoms with van der Waals surface area (Å²) in [4.78, 5) is 0. The molecule has 88 valence electrons. The van der Waals surface area contributed by atoms with Gasteiger partial charge in [-0.2, -0.15) is 0 Å². The van der Waals surface area contributed by atoms with Crippen molar-refractivity contribution in [2.75, 3.05) is 7.11 Å². The summed E-state index contributed by atoms with van der Waals surface area (Å²) in [5.74, 6) is 0.723. The Morgan fingerprint density at radius 1 is 1.06 bits per heavy atom. The second-order valence-electron chi connectivity index (χ2n) is 4.06. The lowest BCUT2D eigenvalue weighted by atomic mass is 9.99. The molecule has 0 radical (unpaired) electrons. The van der Waals surface area contributed by atoms with Gasteiger partial charge in [0.1, 0.15) is 11.9 Å². The highest BCUT2D eigenvalue weighted by Gasteiger charge is 2.14. The van der Waals surface area contributed by atoms with E-state index in [1.54, 1.807) is 7.11 Å². The molecule has 17 heavy (non-hydrogen) atoms. The molecule has 2 heteroatoms. The van der Waals surface area contributed by atoms with Crippen LogP contribution in [-0.4, -0.2) is 12.2 Å². The fourth-order valence-corrected chi connectivity index (χ4v) is 1.86. The summed E-state index contributed by atoms with van der Waals surface area (Å²) in [5, 5.41) is 10.3. The molecule has 2 aromatic rings. The molecular weight excluding hydrogens is 212 g/mol. The summed E-state index contributed by atoms with van der Waals surface area (Å²) in [7, 11) is 1.62. The molecule has 0 amide bonds. The number of rotatable bonds is 3. The van der Waals surface area contributed by atoms with E-state index in [1.807, 2.05) is 55.5 Å². The molecule has 2 aromatic carbocycles. The zero-order valence-electron chi connectivity index (χ0n) is 10.1. The maximum absolute atomic E-state index is 10.3. The second-order valence-corrected chi connectivity index (χ2v) is 4.06. The smallest absolute Gasteiger partial charge is 0.125 e. The number of benzene rings is 2. The van der Waals surface area contributed by atoms with Crippen LogP contribution in [-0.2, 0) is 0 Å². The molecule has 0 bridgehead atoms. The minimum Gasteiger partial charge on any atom is -0.496 e. The zero-order valence-corrected chi connectivity index (χ0v) is 10.1. The Bertz CT molecular complexity index is 492. The van der Waals surface area contributed by atoms with E-state index in [0.29, 0.717) is 0 Å². The monoisotopic (exact) mass is 228 g/mol. The third-order valence-electron chi connectivity index (χ3n) is 2.80. The summed E-state index contributed by atoms with van der Waals surface area (Å²) >= 11 is 0. The van der Waals surface area contributed by atoms with Gasteiger partial charge < -0.3 is 9.84 Å². The first kappa shape index (κ1) is 11.7. The normalized spacial score (nSPS) is 12.2. The van der Waals surface area contributed by atoms with Crippen LogP contribution in [0, 0.1) is 6.92 Å². The third-order valence-corrected chi connectivity index (χ3v) is 2.80. The van der Waals surface area contributed by atoms with Gasteiger partial charge in [0.2, 0.25) is 0 Å². The molecule has 1 N–H and O–H groups in total. The van der Waals surface area contributed by atoms with Crippen molar-refractivity contribution in [2.24, 2.45) is 0 Å². The molecule has 0 saturated carbocycles. The molecule has 0 saturated heterocycles. The largest absolute Gasteiger partial charge is 0.496 e. The van der Waals surface area contributed by atoms with E-state index in [4.69, 9.17) is 4.74 Å². The molecule has 0 aliphatic carbocycles. The van der Waals surface area contributed by atoms with Gasteiger partial charge in [-0.3, -0.25) is 0 Å². The molecule has 0 spiro atoms. The van der Waals surface area contributed by atoms with E-state index in [9.17, 15) is 5.11 Å². The number of hydrogen-bond donors (Lipinski definition) is 1. The van der Waals surface area contributed by atoms with E-state index < -0.39 is 6.10 Å². The van der Waals surface area contributed by atoms with Gasteiger partial charge >= 0.3 is 0 Å². The Morgan fingerprint density at radius 2 is 1.76 bits per heavy atom. The molecule has 1 atom stereocenters. The highest BCUT2D eigenvalue weighted by molar-refractivity contribution is 5.42. The standard InChI is InChI=1S/C15H16O2/c1-11-8-9-13(14(10-11)17-2)15(16)12-6-4-3-5-7-12/h3-10,15-16H,1-2H3. The lowest BCUT2D eigenvalue weighted by molar-refractivity contribution is 0.214. The van der Waals surface area contributed by atoms with Gasteiger partial charge in [0, 0.05) is 5.56 Å². The lowest BCUT2D eigenvalue weighted by Gasteiger charge is -2.15. The summed E-state index contributed by atoms with van der Waals surface area (Å²) in [5.41, 5.74) is 2.78. The van der Waals surface area contributed by atoms with Crippen LogP contribution in [0.3, 0.4) is 0 Å². The van der Waals surface area contributed by atoms with E-state index in [2.05, 4.69) is 0 Å². The highest BCUT2D eigenvalue weighted by atomic mass is 16.5. The van der Waals surface area contributed by atoms with Crippen LogP contribution in [0.15, 0.2) is 48.5 Å². The van der Waals surface area contributed by atoms with Gasteiger partial charge in [0.05, 0.1) is 7.11 Å². The van der Waals surface area contributed by atoms with Gasteiger partial charge in [0.25, 0.3) is 0 Å². The first-order valence-corrected chi connectivity index (χ1v) is 5.60. The maximum Gasteiger partial charge on any atom is 0.125 e. The maximum atomic E-state index is 10.3. The average molecular weight is 228 g/mol. The number of methoxy groups -OCH3 is 1. The molecule has 0 aliphatic heterocycles. The number of aryl methyl sites for hydroxylation is 1. The van der Waals surface area contributed by atoms with Crippen molar-refractivity contribution in [1.29, 1.82) is 0 Å². The van der Waals surface area contributed by atoms with E-state index in [1.165, 1.54) is 0 Å². The van der Waals surface area contributed by atoms with Crippen molar-refractivity contribution in [3.63, 3.8) is 0 Å². The molecular formula is C15H16O2. The first-order chi connectivity index (χ1) is 8.22. The van der Waals surface area contributed by atoms with Crippen molar-refractivity contribution in [1.82, 2.24) is 0 Å². The third kappa shape index (κ3) is 2.48. The molecule has 0 heterocycles. The summed E-state index contributed by atoms with van der Waals surface area (Å²) < 4.78 is 5.31. The first-order valence-electron chi connectivity index (χ1n) is 5.60. The minimum absolute atomic E-state index is 0.647. The van der Waals surface area contributed by atoms with Gasteiger partial charge in [-0.05, 0) is 24.1 Å². The fourth-order valence-electron chi connectivity index (χ4n) is 1.86. The minimum atomic E-state index is -0.647. The Balaban J connectivity index is 2.40. The SMILES string of the molecule is COc1cc(C)ccc1C(O)c1ccccc1. The quantitative estimate of drug-likeness (QED) is 0.874. The number of ether oxygens (including phenoxy) is 1. The summed E-state index contributed by atoms with van der Waals surface area (Å²) in [6.45, 7) is 2.00. The molecule has 2 nitrogen and oxygen atoms in total. The van der Waals surface area contributed by atoms with Crippen LogP contribution < -0.4 is 4.74 Å². The highest BCUT2D eigenvalue weighted by Crippen LogP contribution is 2.30. The molecule has 1 unspecified atom stereocenters. The predicted molar refractivity (Wildman–Crippen MR) is 68.2 cm³/mol. The zero-order chi connectivity index (χ0) is 12.3. The predicted octanol–water partition coefficient (Wildman–Crippen LogP) is 3.09. The van der Waals surface area contributed by atoms with Crippen LogP contribution in [0.5, 0.6) is 5.75 Å². The Kier molecular flexibility index (Phi) is 3.45. The van der Waals surface area contributed by atoms with E-state index >= 15 is 0 Å². The van der Waals surface area contributed by atoms with E-state index in [-0.39, 0.29) is 0 Å².